The lowest BCUT2D eigenvalue weighted by Crippen LogP contribution is -2.45. The summed E-state index contributed by atoms with van der Waals surface area (Å²) < 4.78 is 0. The smallest absolute Gasteiger partial charge is 0.251 e. The van der Waals surface area contributed by atoms with Gasteiger partial charge in [0.15, 0.2) is 0 Å². The highest BCUT2D eigenvalue weighted by Gasteiger charge is 2.23. The minimum atomic E-state index is -0.129. The van der Waals surface area contributed by atoms with Gasteiger partial charge in [0.05, 0.1) is 10.0 Å². The number of nitrogens with zero attached hydrogens (tertiary/aromatic N) is 1. The maximum absolute atomic E-state index is 12.3. The van der Waals surface area contributed by atoms with Crippen LogP contribution in [0.1, 0.15) is 21.5 Å². The number of fused-ring (bicyclic) bond motifs is 1. The van der Waals surface area contributed by atoms with Gasteiger partial charge in [0, 0.05) is 24.7 Å². The van der Waals surface area contributed by atoms with E-state index in [0.29, 0.717) is 22.2 Å². The van der Waals surface area contributed by atoms with Gasteiger partial charge in [0.1, 0.15) is 0 Å². The second-order valence-corrected chi connectivity index (χ2v) is 6.70. The van der Waals surface area contributed by atoms with Crippen LogP contribution in [0.25, 0.3) is 0 Å². The van der Waals surface area contributed by atoms with Crippen LogP contribution in [0, 0.1) is 0 Å². The Kier molecular flexibility index (Phi) is 4.90. The molecule has 0 saturated heterocycles. The van der Waals surface area contributed by atoms with Crippen LogP contribution < -0.4 is 5.32 Å². The molecule has 0 saturated carbocycles. The Bertz CT molecular complexity index is 733. The van der Waals surface area contributed by atoms with E-state index in [1.807, 2.05) is 0 Å². The molecule has 3 nitrogen and oxygen atoms in total. The van der Waals surface area contributed by atoms with Crippen LogP contribution in [0.5, 0.6) is 0 Å². The lowest BCUT2D eigenvalue weighted by molar-refractivity contribution is 0.0934. The molecule has 0 bridgehead atoms. The summed E-state index contributed by atoms with van der Waals surface area (Å²) in [5.74, 6) is -0.129. The number of hydrogen-bond acceptors (Lipinski definition) is 2. The first-order valence-electron chi connectivity index (χ1n) is 7.55. The van der Waals surface area contributed by atoms with Crippen molar-refractivity contribution in [2.75, 3.05) is 13.6 Å². The van der Waals surface area contributed by atoms with Gasteiger partial charge in [-0.3, -0.25) is 9.69 Å². The summed E-state index contributed by atoms with van der Waals surface area (Å²) in [5, 5.41) is 3.84. The summed E-state index contributed by atoms with van der Waals surface area (Å²) in [5.41, 5.74) is 3.25. The van der Waals surface area contributed by atoms with Gasteiger partial charge in [-0.2, -0.15) is 0 Å². The number of hydrogen-bond donors (Lipinski definition) is 1. The lowest BCUT2D eigenvalue weighted by atomic mass is 9.94. The maximum Gasteiger partial charge on any atom is 0.251 e. The van der Waals surface area contributed by atoms with Crippen LogP contribution in [-0.4, -0.2) is 30.4 Å². The molecule has 1 aliphatic rings. The van der Waals surface area contributed by atoms with E-state index < -0.39 is 0 Å². The molecule has 0 aliphatic carbocycles. The minimum Gasteiger partial charge on any atom is -0.350 e. The number of carbonyl (C=O) groups is 1. The molecule has 5 heteroatoms. The van der Waals surface area contributed by atoms with Crippen LogP contribution in [-0.2, 0) is 13.0 Å². The summed E-state index contributed by atoms with van der Waals surface area (Å²) in [7, 11) is 2.09. The van der Waals surface area contributed by atoms with E-state index in [4.69, 9.17) is 23.2 Å². The van der Waals surface area contributed by atoms with Crippen molar-refractivity contribution in [3.63, 3.8) is 0 Å². The van der Waals surface area contributed by atoms with Crippen LogP contribution >= 0.6 is 23.2 Å². The normalized spacial score (nSPS) is 17.6. The van der Waals surface area contributed by atoms with Gasteiger partial charge in [-0.25, -0.2) is 0 Å². The Morgan fingerprint density at radius 3 is 2.65 bits per heavy atom. The molecule has 2 aromatic carbocycles. The predicted octanol–water partition coefficient (Wildman–Crippen LogP) is 3.78. The SMILES string of the molecule is CN1Cc2ccccc2C[C@@H]1CNC(=O)c1ccc(Cl)c(Cl)c1. The van der Waals surface area contributed by atoms with Gasteiger partial charge in [-0.1, -0.05) is 47.5 Å². The van der Waals surface area contributed by atoms with Crippen molar-refractivity contribution in [2.24, 2.45) is 0 Å². The van der Waals surface area contributed by atoms with Crippen molar-refractivity contribution in [1.82, 2.24) is 10.2 Å². The first-order chi connectivity index (χ1) is 11.0. The number of nitrogens with one attached hydrogen (secondary N) is 1. The first kappa shape index (κ1) is 16.3. The summed E-state index contributed by atoms with van der Waals surface area (Å²) in [6, 6.07) is 13.7. The molecule has 120 valence electrons. The van der Waals surface area contributed by atoms with Crippen LogP contribution in [0.2, 0.25) is 10.0 Å². The summed E-state index contributed by atoms with van der Waals surface area (Å²) >= 11 is 11.8. The van der Waals surface area contributed by atoms with Crippen molar-refractivity contribution in [3.05, 3.63) is 69.2 Å². The first-order valence-corrected chi connectivity index (χ1v) is 8.30. The molecule has 0 spiro atoms. The van der Waals surface area contributed by atoms with E-state index in [1.165, 1.54) is 11.1 Å². The molecular weight excluding hydrogens is 331 g/mol. The molecule has 23 heavy (non-hydrogen) atoms. The minimum absolute atomic E-state index is 0.129. The van der Waals surface area contributed by atoms with Crippen molar-refractivity contribution >= 4 is 29.1 Å². The van der Waals surface area contributed by atoms with Crippen molar-refractivity contribution < 1.29 is 4.79 Å². The number of rotatable bonds is 3. The zero-order valence-corrected chi connectivity index (χ0v) is 14.4. The molecule has 0 unspecified atom stereocenters. The maximum atomic E-state index is 12.3. The van der Waals surface area contributed by atoms with Gasteiger partial charge in [-0.15, -0.1) is 0 Å². The molecule has 0 radical (unpaired) electrons. The number of carbonyl (C=O) groups excluding carboxylic acids is 1. The Labute approximate surface area is 146 Å². The Morgan fingerprint density at radius 1 is 1.17 bits per heavy atom. The van der Waals surface area contributed by atoms with Crippen LogP contribution in [0.4, 0.5) is 0 Å². The fraction of sp³-hybridized carbons (Fsp3) is 0.278. The fourth-order valence-electron chi connectivity index (χ4n) is 2.90. The Balaban J connectivity index is 1.64. The number of benzene rings is 2. The number of likely N-dealkylation sites (N-methyl/N-ethyl adjacent to an activating group) is 1. The quantitative estimate of drug-likeness (QED) is 0.915. The average molecular weight is 349 g/mol. The number of amides is 1. The van der Waals surface area contributed by atoms with Gasteiger partial charge in [0.25, 0.3) is 5.91 Å². The third kappa shape index (κ3) is 3.69. The summed E-state index contributed by atoms with van der Waals surface area (Å²) in [6.45, 7) is 1.51. The summed E-state index contributed by atoms with van der Waals surface area (Å²) in [6.07, 6.45) is 0.939. The van der Waals surface area contributed by atoms with Gasteiger partial charge >= 0.3 is 0 Å². The van der Waals surface area contributed by atoms with Gasteiger partial charge in [-0.05, 0) is 42.8 Å². The molecule has 3 rings (SSSR count). The summed E-state index contributed by atoms with van der Waals surface area (Å²) in [4.78, 5) is 14.5. The average Bonchev–Trinajstić information content (AvgIpc) is 2.55. The van der Waals surface area contributed by atoms with E-state index in [9.17, 15) is 4.79 Å². The monoisotopic (exact) mass is 348 g/mol. The molecular formula is C18H18Cl2N2O. The van der Waals surface area contributed by atoms with E-state index in [1.54, 1.807) is 18.2 Å². The highest BCUT2D eigenvalue weighted by atomic mass is 35.5. The van der Waals surface area contributed by atoms with E-state index >= 15 is 0 Å². The Hall–Kier alpha value is -1.55. The fourth-order valence-corrected chi connectivity index (χ4v) is 3.19. The largest absolute Gasteiger partial charge is 0.350 e. The van der Waals surface area contributed by atoms with Gasteiger partial charge in [0.2, 0.25) is 0 Å². The number of halogens is 2. The van der Waals surface area contributed by atoms with Crippen molar-refractivity contribution in [1.29, 1.82) is 0 Å². The van der Waals surface area contributed by atoms with Crippen LogP contribution in [0.15, 0.2) is 42.5 Å². The van der Waals surface area contributed by atoms with Crippen molar-refractivity contribution in [2.45, 2.75) is 19.0 Å². The van der Waals surface area contributed by atoms with Crippen molar-refractivity contribution in [3.8, 4) is 0 Å². The second-order valence-electron chi connectivity index (χ2n) is 5.88. The van der Waals surface area contributed by atoms with Crippen LogP contribution in [0.3, 0.4) is 0 Å². The second kappa shape index (κ2) is 6.91. The molecule has 0 aromatic heterocycles. The molecule has 1 amide bonds. The third-order valence-corrected chi connectivity index (χ3v) is 5.04. The van der Waals surface area contributed by atoms with E-state index in [0.717, 1.165) is 13.0 Å². The van der Waals surface area contributed by atoms with E-state index in [-0.39, 0.29) is 11.9 Å². The zero-order chi connectivity index (χ0) is 16.4. The standard InChI is InChI=1S/C18H18Cl2N2O/c1-22-11-14-5-3-2-4-12(14)8-15(22)10-21-18(23)13-6-7-16(19)17(20)9-13/h2-7,9,15H,8,10-11H2,1H3,(H,21,23)/t15-/m1/s1. The molecule has 1 heterocycles. The molecule has 2 aromatic rings. The lowest BCUT2D eigenvalue weighted by Gasteiger charge is -2.34. The molecule has 1 aliphatic heterocycles. The molecule has 1 N–H and O–H groups in total. The highest BCUT2D eigenvalue weighted by molar-refractivity contribution is 6.42. The molecule has 0 fully saturated rings. The van der Waals surface area contributed by atoms with E-state index in [2.05, 4.69) is 41.5 Å². The Morgan fingerprint density at radius 2 is 1.91 bits per heavy atom. The molecule has 1 atom stereocenters. The highest BCUT2D eigenvalue weighted by Crippen LogP contribution is 2.23. The topological polar surface area (TPSA) is 32.3 Å². The predicted molar refractivity (Wildman–Crippen MR) is 94.2 cm³/mol. The third-order valence-electron chi connectivity index (χ3n) is 4.30. The zero-order valence-electron chi connectivity index (χ0n) is 12.9. The van der Waals surface area contributed by atoms with Gasteiger partial charge < -0.3 is 5.32 Å².